The van der Waals surface area contributed by atoms with Crippen molar-refractivity contribution in [2.24, 2.45) is 0 Å². The van der Waals surface area contributed by atoms with Gasteiger partial charge in [-0.1, -0.05) is 29.8 Å². The molecule has 1 aromatic carbocycles. The highest BCUT2D eigenvalue weighted by atomic mass is 35.5. The van der Waals surface area contributed by atoms with E-state index in [0.29, 0.717) is 16.3 Å². The van der Waals surface area contributed by atoms with Crippen molar-refractivity contribution in [1.82, 2.24) is 10.3 Å². The topological polar surface area (TPSA) is 83.6 Å². The summed E-state index contributed by atoms with van der Waals surface area (Å²) in [6.45, 7) is 1.83. The summed E-state index contributed by atoms with van der Waals surface area (Å²) in [6, 6.07) is 9.61. The molecule has 1 fully saturated rings. The summed E-state index contributed by atoms with van der Waals surface area (Å²) >= 11 is 6.26. The van der Waals surface area contributed by atoms with Crippen LogP contribution in [0, 0.1) is 0 Å². The summed E-state index contributed by atoms with van der Waals surface area (Å²) in [4.78, 5) is 31.1. The average Bonchev–Trinajstić information content (AvgIpc) is 3.22. The van der Waals surface area contributed by atoms with Crippen molar-refractivity contribution >= 4 is 35.1 Å². The Balaban J connectivity index is 1.76. The van der Waals surface area contributed by atoms with Crippen molar-refractivity contribution in [3.63, 3.8) is 0 Å². The van der Waals surface area contributed by atoms with Gasteiger partial charge in [-0.25, -0.2) is 9.78 Å². The Morgan fingerprint density at radius 1 is 1.21 bits per heavy atom. The van der Waals surface area contributed by atoms with Crippen molar-refractivity contribution in [1.29, 1.82) is 0 Å². The molecule has 7 nitrogen and oxygen atoms in total. The fourth-order valence-electron chi connectivity index (χ4n) is 3.24. The van der Waals surface area contributed by atoms with Gasteiger partial charge in [0.2, 0.25) is 0 Å². The van der Waals surface area contributed by atoms with E-state index in [-0.39, 0.29) is 6.42 Å². The first-order valence-corrected chi connectivity index (χ1v) is 9.55. The summed E-state index contributed by atoms with van der Waals surface area (Å²) in [5.74, 6) is 0.307. The second kappa shape index (κ2) is 9.41. The van der Waals surface area contributed by atoms with Crippen molar-refractivity contribution in [2.75, 3.05) is 30.4 Å². The lowest BCUT2D eigenvalue weighted by Gasteiger charge is -2.22. The third kappa shape index (κ3) is 4.92. The highest BCUT2D eigenvalue weighted by Gasteiger charge is 2.23. The van der Waals surface area contributed by atoms with Crippen molar-refractivity contribution in [3.8, 4) is 0 Å². The van der Waals surface area contributed by atoms with Gasteiger partial charge in [0.1, 0.15) is 0 Å². The maximum absolute atomic E-state index is 12.7. The lowest BCUT2D eigenvalue weighted by molar-refractivity contribution is -0.141. The minimum absolute atomic E-state index is 0.0281. The molecule has 0 bridgehead atoms. The molecule has 2 N–H and O–H groups in total. The molecule has 2 amide bonds. The molecule has 0 spiro atoms. The van der Waals surface area contributed by atoms with E-state index in [0.717, 1.165) is 31.7 Å². The number of pyridine rings is 1. The highest BCUT2D eigenvalue weighted by Crippen LogP contribution is 2.28. The van der Waals surface area contributed by atoms with Crippen LogP contribution < -0.4 is 15.5 Å². The zero-order valence-corrected chi connectivity index (χ0v) is 16.4. The number of amides is 2. The van der Waals surface area contributed by atoms with Crippen LogP contribution in [0.3, 0.4) is 0 Å². The van der Waals surface area contributed by atoms with Gasteiger partial charge in [-0.2, -0.15) is 0 Å². The zero-order chi connectivity index (χ0) is 19.9. The van der Waals surface area contributed by atoms with Crippen LogP contribution >= 0.6 is 11.6 Å². The molecule has 28 heavy (non-hydrogen) atoms. The zero-order valence-electron chi connectivity index (χ0n) is 15.7. The van der Waals surface area contributed by atoms with Crippen LogP contribution in [0.2, 0.25) is 5.02 Å². The fraction of sp³-hybridized carbons (Fsp3) is 0.350. The number of carbonyl (C=O) groups is 2. The van der Waals surface area contributed by atoms with E-state index >= 15 is 0 Å². The lowest BCUT2D eigenvalue weighted by atomic mass is 10.0. The van der Waals surface area contributed by atoms with Crippen LogP contribution in [-0.4, -0.2) is 37.2 Å². The SMILES string of the molecule is COC(=O)C[C@@H](NC(=O)Nc1cccnc1N1CCCC1)c1ccccc1Cl. The summed E-state index contributed by atoms with van der Waals surface area (Å²) in [7, 11) is 1.31. The Hall–Kier alpha value is -2.80. The number of carbonyl (C=O) groups excluding carboxylic acids is 2. The Morgan fingerprint density at radius 3 is 2.68 bits per heavy atom. The second-order valence-electron chi connectivity index (χ2n) is 6.52. The van der Waals surface area contributed by atoms with Gasteiger partial charge in [0.25, 0.3) is 0 Å². The van der Waals surface area contributed by atoms with Gasteiger partial charge in [-0.3, -0.25) is 4.79 Å². The average molecular weight is 403 g/mol. The number of methoxy groups -OCH3 is 1. The molecule has 1 aliphatic rings. The second-order valence-corrected chi connectivity index (χ2v) is 6.93. The number of nitrogens with one attached hydrogen (secondary N) is 2. The van der Waals surface area contributed by atoms with Gasteiger partial charge >= 0.3 is 12.0 Å². The molecule has 0 radical (unpaired) electrons. The molecule has 3 rings (SSSR count). The number of hydrogen-bond donors (Lipinski definition) is 2. The van der Waals surface area contributed by atoms with E-state index in [9.17, 15) is 9.59 Å². The van der Waals surface area contributed by atoms with Gasteiger partial charge in [0, 0.05) is 24.3 Å². The Labute approximate surface area is 169 Å². The van der Waals surface area contributed by atoms with Gasteiger partial charge in [-0.05, 0) is 36.6 Å². The van der Waals surface area contributed by atoms with E-state index in [4.69, 9.17) is 16.3 Å². The number of benzene rings is 1. The first-order chi connectivity index (χ1) is 13.6. The molecule has 0 aliphatic carbocycles. The quantitative estimate of drug-likeness (QED) is 0.719. The van der Waals surface area contributed by atoms with E-state index in [1.165, 1.54) is 7.11 Å². The number of nitrogens with zero attached hydrogens (tertiary/aromatic N) is 2. The molecular weight excluding hydrogens is 380 g/mol. The van der Waals surface area contributed by atoms with Gasteiger partial charge < -0.3 is 20.3 Å². The molecule has 1 aliphatic heterocycles. The number of ether oxygens (including phenoxy) is 1. The fourth-order valence-corrected chi connectivity index (χ4v) is 3.51. The van der Waals surface area contributed by atoms with Crippen LogP contribution in [0.15, 0.2) is 42.6 Å². The molecule has 2 heterocycles. The molecule has 1 aromatic heterocycles. The molecule has 0 unspecified atom stereocenters. The maximum atomic E-state index is 12.7. The number of rotatable bonds is 6. The summed E-state index contributed by atoms with van der Waals surface area (Å²) < 4.78 is 4.76. The Bertz CT molecular complexity index is 840. The van der Waals surface area contributed by atoms with E-state index in [2.05, 4.69) is 20.5 Å². The van der Waals surface area contributed by atoms with Crippen LogP contribution in [0.1, 0.15) is 30.9 Å². The van der Waals surface area contributed by atoms with E-state index < -0.39 is 18.0 Å². The minimum Gasteiger partial charge on any atom is -0.469 e. The van der Waals surface area contributed by atoms with Crippen molar-refractivity contribution in [2.45, 2.75) is 25.3 Å². The minimum atomic E-state index is -0.618. The van der Waals surface area contributed by atoms with E-state index in [1.54, 1.807) is 36.5 Å². The number of hydrogen-bond acceptors (Lipinski definition) is 5. The number of halogens is 1. The number of esters is 1. The van der Waals surface area contributed by atoms with Gasteiger partial charge in [-0.15, -0.1) is 0 Å². The summed E-state index contributed by atoms with van der Waals surface area (Å²) in [6.07, 6.45) is 3.89. The maximum Gasteiger partial charge on any atom is 0.319 e. The van der Waals surface area contributed by atoms with Crippen LogP contribution in [-0.2, 0) is 9.53 Å². The molecular formula is C20H23ClN4O3. The lowest BCUT2D eigenvalue weighted by Crippen LogP contribution is -2.34. The monoisotopic (exact) mass is 402 g/mol. The predicted molar refractivity (Wildman–Crippen MR) is 109 cm³/mol. The normalized spacial score (nSPS) is 14.4. The third-order valence-electron chi connectivity index (χ3n) is 4.62. The third-order valence-corrected chi connectivity index (χ3v) is 4.97. The number of anilines is 2. The number of urea groups is 1. The summed E-state index contributed by atoms with van der Waals surface area (Å²) in [5, 5.41) is 6.14. The molecule has 2 aromatic rings. The van der Waals surface area contributed by atoms with Gasteiger partial charge in [0.15, 0.2) is 5.82 Å². The smallest absolute Gasteiger partial charge is 0.319 e. The van der Waals surface area contributed by atoms with Crippen molar-refractivity contribution < 1.29 is 14.3 Å². The largest absolute Gasteiger partial charge is 0.469 e. The van der Waals surface area contributed by atoms with Gasteiger partial charge in [0.05, 0.1) is 25.3 Å². The Kier molecular flexibility index (Phi) is 6.71. The highest BCUT2D eigenvalue weighted by molar-refractivity contribution is 6.31. The van der Waals surface area contributed by atoms with Crippen LogP contribution in [0.4, 0.5) is 16.3 Å². The number of aromatic nitrogens is 1. The molecule has 1 atom stereocenters. The first kappa shape index (κ1) is 19.9. The molecule has 0 saturated carbocycles. The molecule has 8 heteroatoms. The van der Waals surface area contributed by atoms with Crippen LogP contribution in [0.5, 0.6) is 0 Å². The summed E-state index contributed by atoms with van der Waals surface area (Å²) in [5.41, 5.74) is 1.27. The Morgan fingerprint density at radius 2 is 1.96 bits per heavy atom. The molecule has 1 saturated heterocycles. The van der Waals surface area contributed by atoms with Crippen molar-refractivity contribution in [3.05, 3.63) is 53.2 Å². The van der Waals surface area contributed by atoms with Crippen LogP contribution in [0.25, 0.3) is 0 Å². The predicted octanol–water partition coefficient (Wildman–Crippen LogP) is 3.76. The standard InChI is InChI=1S/C20H23ClN4O3/c1-28-18(26)13-17(14-7-2-3-8-15(14)21)24-20(27)23-16-9-6-10-22-19(16)25-11-4-5-12-25/h2-3,6-10,17H,4-5,11-13H2,1H3,(H2,23,24,27)/t17-/m1/s1. The first-order valence-electron chi connectivity index (χ1n) is 9.17. The molecule has 148 valence electrons. The van der Waals surface area contributed by atoms with E-state index in [1.807, 2.05) is 6.07 Å².